The minimum absolute atomic E-state index is 0.251. The summed E-state index contributed by atoms with van der Waals surface area (Å²) in [6.45, 7) is 5.82. The molecule has 2 aromatic rings. The number of halogens is 1. The fourth-order valence-electron chi connectivity index (χ4n) is 1.48. The lowest BCUT2D eigenvalue weighted by molar-refractivity contribution is 0.0882. The smallest absolute Gasteiger partial charge is 0.287 e. The van der Waals surface area contributed by atoms with Gasteiger partial charge in [-0.15, -0.1) is 11.3 Å². The van der Waals surface area contributed by atoms with Gasteiger partial charge in [-0.05, 0) is 48.8 Å². The number of hydrogen-bond acceptors (Lipinski definition) is 4. The molecule has 2 rings (SSSR count). The van der Waals surface area contributed by atoms with E-state index in [0.717, 1.165) is 9.88 Å². The van der Waals surface area contributed by atoms with E-state index in [9.17, 15) is 4.79 Å². The van der Waals surface area contributed by atoms with E-state index in [1.807, 2.05) is 20.8 Å². The molecule has 0 aromatic carbocycles. The molecule has 6 heteroatoms. The Kier molecular flexibility index (Phi) is 3.59. The molecule has 0 aliphatic heterocycles. The first-order chi connectivity index (χ1) is 8.38. The maximum atomic E-state index is 12.0. The minimum atomic E-state index is -0.519. The van der Waals surface area contributed by atoms with E-state index in [1.165, 1.54) is 0 Å². The van der Waals surface area contributed by atoms with E-state index >= 15 is 0 Å². The largest absolute Gasteiger partial charge is 0.444 e. The third-order valence-electron chi connectivity index (χ3n) is 2.38. The number of hydrogen-bond donors (Lipinski definition) is 1. The maximum Gasteiger partial charge on any atom is 0.287 e. The van der Waals surface area contributed by atoms with Gasteiger partial charge >= 0.3 is 0 Å². The summed E-state index contributed by atoms with van der Waals surface area (Å²) < 4.78 is 5.76. The summed E-state index contributed by atoms with van der Waals surface area (Å²) >= 11 is 4.74. The molecule has 2 aromatic heterocycles. The second-order valence-corrected chi connectivity index (χ2v) is 6.48. The number of aromatic nitrogens is 1. The molecule has 0 aliphatic carbocycles. The van der Waals surface area contributed by atoms with Gasteiger partial charge in [0.15, 0.2) is 10.4 Å². The SMILES string of the molecule is Cc1cnc(C(C)(C)NC(=O)c2ccc(Br)o2)s1. The number of carbonyl (C=O) groups is 1. The summed E-state index contributed by atoms with van der Waals surface area (Å²) in [4.78, 5) is 17.4. The zero-order chi connectivity index (χ0) is 13.3. The van der Waals surface area contributed by atoms with Crippen LogP contribution in [-0.2, 0) is 5.54 Å². The molecule has 0 aliphatic rings. The minimum Gasteiger partial charge on any atom is -0.444 e. The molecular formula is C12H13BrN2O2S. The lowest BCUT2D eigenvalue weighted by atomic mass is 10.1. The van der Waals surface area contributed by atoms with E-state index < -0.39 is 5.54 Å². The second-order valence-electron chi connectivity index (χ2n) is 4.46. The van der Waals surface area contributed by atoms with Crippen molar-refractivity contribution in [2.45, 2.75) is 26.3 Å². The highest BCUT2D eigenvalue weighted by Crippen LogP contribution is 2.25. The van der Waals surface area contributed by atoms with Gasteiger partial charge in [0.25, 0.3) is 5.91 Å². The van der Waals surface area contributed by atoms with Crippen molar-refractivity contribution in [2.75, 3.05) is 0 Å². The van der Waals surface area contributed by atoms with E-state index in [0.29, 0.717) is 4.67 Å². The first-order valence-electron chi connectivity index (χ1n) is 5.39. The van der Waals surface area contributed by atoms with E-state index in [2.05, 4.69) is 26.2 Å². The monoisotopic (exact) mass is 328 g/mol. The van der Waals surface area contributed by atoms with Crippen molar-refractivity contribution in [1.29, 1.82) is 0 Å². The Bertz CT molecular complexity index is 574. The third kappa shape index (κ3) is 2.81. The van der Waals surface area contributed by atoms with Crippen LogP contribution in [0.3, 0.4) is 0 Å². The number of nitrogens with one attached hydrogen (secondary N) is 1. The molecule has 0 saturated carbocycles. The van der Waals surface area contributed by atoms with Crippen molar-refractivity contribution in [3.8, 4) is 0 Å². The molecular weight excluding hydrogens is 316 g/mol. The quantitative estimate of drug-likeness (QED) is 0.938. The second kappa shape index (κ2) is 4.85. The highest BCUT2D eigenvalue weighted by Gasteiger charge is 2.27. The first-order valence-corrected chi connectivity index (χ1v) is 7.00. The summed E-state index contributed by atoms with van der Waals surface area (Å²) in [6.07, 6.45) is 1.80. The van der Waals surface area contributed by atoms with Gasteiger partial charge in [0.1, 0.15) is 5.01 Å². The summed E-state index contributed by atoms with van der Waals surface area (Å²) in [5.41, 5.74) is -0.519. The van der Waals surface area contributed by atoms with Crippen molar-refractivity contribution in [2.24, 2.45) is 0 Å². The van der Waals surface area contributed by atoms with E-state index in [1.54, 1.807) is 29.7 Å². The molecule has 0 atom stereocenters. The molecule has 1 N–H and O–H groups in total. The van der Waals surface area contributed by atoms with Crippen molar-refractivity contribution < 1.29 is 9.21 Å². The third-order valence-corrected chi connectivity index (χ3v) is 4.04. The number of amides is 1. The summed E-state index contributed by atoms with van der Waals surface area (Å²) in [6, 6.07) is 3.32. The van der Waals surface area contributed by atoms with Crippen LogP contribution in [0.5, 0.6) is 0 Å². The number of carbonyl (C=O) groups excluding carboxylic acids is 1. The number of rotatable bonds is 3. The lowest BCUT2D eigenvalue weighted by Gasteiger charge is -2.23. The topological polar surface area (TPSA) is 55.1 Å². The maximum absolute atomic E-state index is 12.0. The fourth-order valence-corrected chi connectivity index (χ4v) is 2.61. The molecule has 0 bridgehead atoms. The van der Waals surface area contributed by atoms with Crippen LogP contribution in [0.15, 0.2) is 27.4 Å². The molecule has 4 nitrogen and oxygen atoms in total. The molecule has 18 heavy (non-hydrogen) atoms. The van der Waals surface area contributed by atoms with Crippen LogP contribution in [0, 0.1) is 6.92 Å². The lowest BCUT2D eigenvalue weighted by Crippen LogP contribution is -2.40. The van der Waals surface area contributed by atoms with Gasteiger partial charge in [0.05, 0.1) is 5.54 Å². The summed E-state index contributed by atoms with van der Waals surface area (Å²) in [5, 5.41) is 3.78. The van der Waals surface area contributed by atoms with E-state index in [4.69, 9.17) is 4.42 Å². The van der Waals surface area contributed by atoms with Crippen LogP contribution in [-0.4, -0.2) is 10.9 Å². The Hall–Kier alpha value is -1.14. The van der Waals surface area contributed by atoms with Gasteiger partial charge in [-0.1, -0.05) is 0 Å². The Morgan fingerprint density at radius 1 is 1.50 bits per heavy atom. The first kappa shape index (κ1) is 13.3. The Labute approximate surface area is 118 Å². The van der Waals surface area contributed by atoms with E-state index in [-0.39, 0.29) is 11.7 Å². The summed E-state index contributed by atoms with van der Waals surface area (Å²) in [5.74, 6) is 0.0294. The predicted molar refractivity (Wildman–Crippen MR) is 73.8 cm³/mol. The average Bonchev–Trinajstić information content (AvgIpc) is 2.86. The highest BCUT2D eigenvalue weighted by atomic mass is 79.9. The van der Waals surface area contributed by atoms with Gasteiger partial charge in [-0.25, -0.2) is 4.98 Å². The van der Waals surface area contributed by atoms with Crippen molar-refractivity contribution >= 4 is 33.2 Å². The normalized spacial score (nSPS) is 11.6. The highest BCUT2D eigenvalue weighted by molar-refractivity contribution is 9.10. The van der Waals surface area contributed by atoms with Gasteiger partial charge in [-0.2, -0.15) is 0 Å². The van der Waals surface area contributed by atoms with Gasteiger partial charge in [0.2, 0.25) is 0 Å². The van der Waals surface area contributed by atoms with Gasteiger partial charge in [-0.3, -0.25) is 4.79 Å². The molecule has 0 spiro atoms. The Balaban J connectivity index is 2.15. The zero-order valence-corrected chi connectivity index (χ0v) is 12.7. The molecule has 0 saturated heterocycles. The van der Waals surface area contributed by atoms with Gasteiger partial charge < -0.3 is 9.73 Å². The molecule has 2 heterocycles. The standard InChI is InChI=1S/C12H13BrN2O2S/c1-7-6-14-11(18-7)12(2,3)15-10(16)8-4-5-9(13)17-8/h4-6H,1-3H3,(H,15,16). The van der Waals surface area contributed by atoms with Crippen LogP contribution in [0.25, 0.3) is 0 Å². The number of nitrogens with zero attached hydrogens (tertiary/aromatic N) is 1. The molecule has 0 unspecified atom stereocenters. The van der Waals surface area contributed by atoms with Gasteiger partial charge in [0, 0.05) is 11.1 Å². The fraction of sp³-hybridized carbons (Fsp3) is 0.333. The molecule has 96 valence electrons. The van der Waals surface area contributed by atoms with Crippen molar-refractivity contribution in [1.82, 2.24) is 10.3 Å². The predicted octanol–water partition coefficient (Wildman–Crippen LogP) is 3.47. The molecule has 0 fully saturated rings. The van der Waals surface area contributed by atoms with Crippen molar-refractivity contribution in [3.05, 3.63) is 38.6 Å². The van der Waals surface area contributed by atoms with Crippen molar-refractivity contribution in [3.63, 3.8) is 0 Å². The molecule has 0 radical (unpaired) electrons. The van der Waals surface area contributed by atoms with Crippen LogP contribution in [0.4, 0.5) is 0 Å². The van der Waals surface area contributed by atoms with Crippen LogP contribution < -0.4 is 5.32 Å². The van der Waals surface area contributed by atoms with Crippen LogP contribution in [0.1, 0.15) is 34.3 Å². The average molecular weight is 329 g/mol. The molecule has 1 amide bonds. The van der Waals surface area contributed by atoms with Crippen LogP contribution >= 0.6 is 27.3 Å². The zero-order valence-electron chi connectivity index (χ0n) is 10.3. The number of furan rings is 1. The Morgan fingerprint density at radius 2 is 2.22 bits per heavy atom. The summed E-state index contributed by atoms with van der Waals surface area (Å²) in [7, 11) is 0. The van der Waals surface area contributed by atoms with Crippen LogP contribution in [0.2, 0.25) is 0 Å². The number of aryl methyl sites for hydroxylation is 1. The number of thiazole rings is 1. The Morgan fingerprint density at radius 3 is 2.72 bits per heavy atom.